The standard InChI is InChI=1S/C12H17NO4/c1-5-7-13(8-6-2)10(12(15)17-4)9-11(14)16-3/h5-6,9H,1-2,7-8H2,3-4H3/b10-9+. The third-order valence-corrected chi connectivity index (χ3v) is 1.89. The monoisotopic (exact) mass is 239 g/mol. The second-order valence-corrected chi connectivity index (χ2v) is 3.03. The van der Waals surface area contributed by atoms with Crippen molar-refractivity contribution in [1.82, 2.24) is 4.90 Å². The Morgan fingerprint density at radius 1 is 1.12 bits per heavy atom. The lowest BCUT2D eigenvalue weighted by Gasteiger charge is -2.22. The molecule has 0 saturated heterocycles. The van der Waals surface area contributed by atoms with Crippen molar-refractivity contribution in [1.29, 1.82) is 0 Å². The van der Waals surface area contributed by atoms with Crippen LogP contribution in [-0.4, -0.2) is 44.1 Å². The zero-order chi connectivity index (χ0) is 13.3. The van der Waals surface area contributed by atoms with E-state index < -0.39 is 11.9 Å². The van der Waals surface area contributed by atoms with Gasteiger partial charge in [-0.25, -0.2) is 9.59 Å². The summed E-state index contributed by atoms with van der Waals surface area (Å²) in [5.74, 6) is -1.23. The number of carbonyl (C=O) groups is 2. The van der Waals surface area contributed by atoms with Crippen LogP contribution in [0.3, 0.4) is 0 Å². The van der Waals surface area contributed by atoms with Crippen LogP contribution in [-0.2, 0) is 19.1 Å². The van der Waals surface area contributed by atoms with Gasteiger partial charge in [0.2, 0.25) is 0 Å². The normalized spacial score (nSPS) is 10.4. The van der Waals surface area contributed by atoms with E-state index in [2.05, 4.69) is 22.6 Å². The first-order valence-electron chi connectivity index (χ1n) is 4.95. The fourth-order valence-electron chi connectivity index (χ4n) is 1.14. The van der Waals surface area contributed by atoms with Gasteiger partial charge in [-0.3, -0.25) is 0 Å². The van der Waals surface area contributed by atoms with Crippen LogP contribution in [0.4, 0.5) is 0 Å². The van der Waals surface area contributed by atoms with E-state index in [4.69, 9.17) is 0 Å². The number of rotatable bonds is 7. The van der Waals surface area contributed by atoms with Crippen molar-refractivity contribution in [3.8, 4) is 0 Å². The molecule has 0 aromatic rings. The summed E-state index contributed by atoms with van der Waals surface area (Å²) in [5, 5.41) is 0. The van der Waals surface area contributed by atoms with Crippen LogP contribution in [0.1, 0.15) is 0 Å². The summed E-state index contributed by atoms with van der Waals surface area (Å²) >= 11 is 0. The summed E-state index contributed by atoms with van der Waals surface area (Å²) in [6, 6.07) is 0. The molecule has 0 aliphatic rings. The topological polar surface area (TPSA) is 55.8 Å². The highest BCUT2D eigenvalue weighted by Crippen LogP contribution is 2.07. The molecule has 17 heavy (non-hydrogen) atoms. The predicted molar refractivity (Wildman–Crippen MR) is 64.1 cm³/mol. The molecule has 0 atom stereocenters. The van der Waals surface area contributed by atoms with Crippen LogP contribution in [0.15, 0.2) is 37.1 Å². The summed E-state index contributed by atoms with van der Waals surface area (Å²) in [4.78, 5) is 24.3. The van der Waals surface area contributed by atoms with Crippen molar-refractivity contribution in [2.24, 2.45) is 0 Å². The van der Waals surface area contributed by atoms with E-state index in [1.54, 1.807) is 17.1 Å². The van der Waals surface area contributed by atoms with E-state index >= 15 is 0 Å². The number of esters is 2. The first-order valence-corrected chi connectivity index (χ1v) is 4.95. The molecule has 0 aromatic heterocycles. The Morgan fingerprint density at radius 2 is 1.65 bits per heavy atom. The Morgan fingerprint density at radius 3 is 2.00 bits per heavy atom. The average molecular weight is 239 g/mol. The van der Waals surface area contributed by atoms with Crippen LogP contribution in [0.2, 0.25) is 0 Å². The van der Waals surface area contributed by atoms with E-state index in [9.17, 15) is 9.59 Å². The lowest BCUT2D eigenvalue weighted by atomic mass is 10.3. The van der Waals surface area contributed by atoms with Crippen LogP contribution >= 0.6 is 0 Å². The highest BCUT2D eigenvalue weighted by molar-refractivity contribution is 5.95. The van der Waals surface area contributed by atoms with Crippen LogP contribution < -0.4 is 0 Å². The molecule has 5 heteroatoms. The smallest absolute Gasteiger partial charge is 0.354 e. The van der Waals surface area contributed by atoms with Gasteiger partial charge in [0.15, 0.2) is 0 Å². The average Bonchev–Trinajstić information content (AvgIpc) is 2.34. The van der Waals surface area contributed by atoms with Gasteiger partial charge in [0.25, 0.3) is 0 Å². The van der Waals surface area contributed by atoms with Gasteiger partial charge in [0.1, 0.15) is 5.70 Å². The van der Waals surface area contributed by atoms with Crippen LogP contribution in [0, 0.1) is 0 Å². The molecule has 0 unspecified atom stereocenters. The molecule has 94 valence electrons. The molecule has 0 radical (unpaired) electrons. The van der Waals surface area contributed by atoms with Gasteiger partial charge in [-0.1, -0.05) is 12.2 Å². The second kappa shape index (κ2) is 8.15. The number of carbonyl (C=O) groups excluding carboxylic acids is 2. The van der Waals surface area contributed by atoms with Crippen molar-refractivity contribution in [3.05, 3.63) is 37.1 Å². The van der Waals surface area contributed by atoms with Gasteiger partial charge in [-0.2, -0.15) is 0 Å². The van der Waals surface area contributed by atoms with Gasteiger partial charge in [-0.15, -0.1) is 13.2 Å². The molecule has 0 bridgehead atoms. The molecule has 5 nitrogen and oxygen atoms in total. The zero-order valence-corrected chi connectivity index (χ0v) is 10.1. The molecule has 0 rings (SSSR count). The molecular weight excluding hydrogens is 222 g/mol. The van der Waals surface area contributed by atoms with Crippen LogP contribution in [0.25, 0.3) is 0 Å². The fourth-order valence-corrected chi connectivity index (χ4v) is 1.14. The number of methoxy groups -OCH3 is 2. The Kier molecular flexibility index (Phi) is 7.17. The predicted octanol–water partition coefficient (Wildman–Crippen LogP) is 0.890. The molecule has 0 heterocycles. The largest absolute Gasteiger partial charge is 0.466 e. The number of nitrogens with zero attached hydrogens (tertiary/aromatic N) is 1. The van der Waals surface area contributed by atoms with Crippen molar-refractivity contribution >= 4 is 11.9 Å². The van der Waals surface area contributed by atoms with Gasteiger partial charge < -0.3 is 14.4 Å². The molecule has 0 amide bonds. The molecule has 0 saturated carbocycles. The highest BCUT2D eigenvalue weighted by Gasteiger charge is 2.18. The first-order chi connectivity index (χ1) is 8.10. The third kappa shape index (κ3) is 5.01. The van der Waals surface area contributed by atoms with Crippen molar-refractivity contribution < 1.29 is 19.1 Å². The quantitative estimate of drug-likeness (QED) is 0.375. The van der Waals surface area contributed by atoms with Crippen molar-refractivity contribution in [2.75, 3.05) is 27.3 Å². The van der Waals surface area contributed by atoms with E-state index in [1.165, 1.54) is 14.2 Å². The molecule has 0 N–H and O–H groups in total. The first kappa shape index (κ1) is 15.0. The SMILES string of the molecule is C=CCN(CC=C)/C(=C/C(=O)OC)C(=O)OC. The minimum atomic E-state index is -0.622. The van der Waals surface area contributed by atoms with E-state index in [0.29, 0.717) is 13.1 Å². The summed E-state index contributed by atoms with van der Waals surface area (Å²) in [6.45, 7) is 7.94. The summed E-state index contributed by atoms with van der Waals surface area (Å²) in [5.41, 5.74) is 0.110. The summed E-state index contributed by atoms with van der Waals surface area (Å²) < 4.78 is 9.09. The van der Waals surface area contributed by atoms with Crippen molar-refractivity contribution in [3.63, 3.8) is 0 Å². The van der Waals surface area contributed by atoms with Crippen molar-refractivity contribution in [2.45, 2.75) is 0 Å². The maximum atomic E-state index is 11.5. The molecule has 0 spiro atoms. The molecule has 0 aliphatic heterocycles. The minimum absolute atomic E-state index is 0.110. The van der Waals surface area contributed by atoms with E-state index in [-0.39, 0.29) is 5.70 Å². The Labute approximate surface area is 101 Å². The summed E-state index contributed by atoms with van der Waals surface area (Å²) in [7, 11) is 2.48. The molecule has 0 aliphatic carbocycles. The fraction of sp³-hybridized carbons (Fsp3) is 0.333. The Balaban J connectivity index is 5.16. The van der Waals surface area contributed by atoms with Gasteiger partial charge in [-0.05, 0) is 0 Å². The Bertz CT molecular complexity index is 323. The maximum absolute atomic E-state index is 11.5. The lowest BCUT2D eigenvalue weighted by Crippen LogP contribution is -2.29. The highest BCUT2D eigenvalue weighted by atomic mass is 16.5. The van der Waals surface area contributed by atoms with Gasteiger partial charge in [0.05, 0.1) is 20.3 Å². The van der Waals surface area contributed by atoms with Gasteiger partial charge in [0, 0.05) is 13.1 Å². The third-order valence-electron chi connectivity index (χ3n) is 1.89. The lowest BCUT2D eigenvalue weighted by molar-refractivity contribution is -0.140. The minimum Gasteiger partial charge on any atom is -0.466 e. The maximum Gasteiger partial charge on any atom is 0.354 e. The summed E-state index contributed by atoms with van der Waals surface area (Å²) in [6.07, 6.45) is 4.30. The number of hydrogen-bond donors (Lipinski definition) is 0. The number of ether oxygens (including phenoxy) is 2. The van der Waals surface area contributed by atoms with E-state index in [1.807, 2.05) is 0 Å². The second-order valence-electron chi connectivity index (χ2n) is 3.03. The number of hydrogen-bond acceptors (Lipinski definition) is 5. The van der Waals surface area contributed by atoms with Crippen LogP contribution in [0.5, 0.6) is 0 Å². The molecule has 0 aromatic carbocycles. The zero-order valence-electron chi connectivity index (χ0n) is 10.1. The molecule has 0 fully saturated rings. The van der Waals surface area contributed by atoms with E-state index in [0.717, 1.165) is 6.08 Å². The Hall–Kier alpha value is -2.04. The van der Waals surface area contributed by atoms with Gasteiger partial charge >= 0.3 is 11.9 Å². The molecular formula is C12H17NO4.